The van der Waals surface area contributed by atoms with Gasteiger partial charge in [0.15, 0.2) is 0 Å². The maximum absolute atomic E-state index is 13.1. The number of phenolic OH excluding ortho intramolecular Hbond substituents is 1. The molecule has 0 unspecified atom stereocenters. The third-order valence-corrected chi connectivity index (χ3v) is 7.55. The number of esters is 1. The summed E-state index contributed by atoms with van der Waals surface area (Å²) in [6.45, 7) is -0.488. The number of carbonyl (C=O) groups excluding carboxylic acids is 4. The van der Waals surface area contributed by atoms with Crippen LogP contribution in [0.15, 0.2) is 41.3 Å². The van der Waals surface area contributed by atoms with E-state index in [-0.39, 0.29) is 71.7 Å². The average Bonchev–Trinajstić information content (AvgIpc) is 2.93. The van der Waals surface area contributed by atoms with E-state index in [2.05, 4.69) is 5.32 Å². The molecule has 0 bridgehead atoms. The third-order valence-electron chi connectivity index (χ3n) is 6.18. The zero-order chi connectivity index (χ0) is 29.6. The van der Waals surface area contributed by atoms with E-state index in [1.165, 1.54) is 44.6 Å². The average molecular weight is 602 g/mol. The smallest absolute Gasteiger partial charge is 0.543 e. The van der Waals surface area contributed by atoms with Crippen molar-refractivity contribution < 1.29 is 83.1 Å². The van der Waals surface area contributed by atoms with E-state index in [1.54, 1.807) is 0 Å². The first-order valence-electron chi connectivity index (χ1n) is 11.9. The number of amides is 2. The molecule has 0 aromatic heterocycles. The number of aliphatic carboxylic acids is 2. The molecule has 216 valence electrons. The van der Waals surface area contributed by atoms with Crippen molar-refractivity contribution in [3.05, 3.63) is 46.9 Å². The van der Waals surface area contributed by atoms with E-state index in [0.29, 0.717) is 5.56 Å². The molecule has 2 heterocycles. The Kier molecular flexibility index (Phi) is 12.2. The van der Waals surface area contributed by atoms with Crippen LogP contribution in [0.2, 0.25) is 0 Å². The van der Waals surface area contributed by atoms with E-state index in [4.69, 9.17) is 25.1 Å². The Morgan fingerprint density at radius 2 is 1.93 bits per heavy atom. The van der Waals surface area contributed by atoms with Crippen molar-refractivity contribution in [3.63, 3.8) is 0 Å². The molecule has 0 aliphatic carbocycles. The number of methoxy groups -OCH3 is 2. The van der Waals surface area contributed by atoms with Gasteiger partial charge in [-0.25, -0.2) is 4.79 Å². The number of benzene rings is 1. The van der Waals surface area contributed by atoms with Crippen LogP contribution >= 0.6 is 11.8 Å². The van der Waals surface area contributed by atoms with Crippen molar-refractivity contribution in [2.24, 2.45) is 5.73 Å². The molecular weight excluding hydrogens is 573 g/mol. The standard InChI is InChI=1S/C25H29N3O11S.Na/c1-37-17(10-13-6-8-15(29)9-7-13)22(35)39-11-14-12-40-24-25(38-2,23(36)28(24)19(14)21(33)34)27-18(30)5-3-4-16(26)20(31)32;/h6-10,16,24,29H,3-5,11-12,26H2,1-2H3,(H,27,30)(H,31,32)(H,33,34);/q;+1/p-1/b17-10-;/t16-,24-,25+;/m1./s1. The van der Waals surface area contributed by atoms with Crippen molar-refractivity contribution in [3.8, 4) is 5.75 Å². The number of nitrogens with zero attached hydrogens (tertiary/aromatic N) is 1. The minimum absolute atomic E-state index is 0. The Labute approximate surface area is 261 Å². The zero-order valence-corrected chi connectivity index (χ0v) is 25.4. The molecule has 1 aromatic carbocycles. The molecule has 1 fully saturated rings. The van der Waals surface area contributed by atoms with Gasteiger partial charge in [-0.3, -0.25) is 19.3 Å². The van der Waals surface area contributed by atoms with Crippen LogP contribution in [0, 0.1) is 0 Å². The number of phenols is 1. The van der Waals surface area contributed by atoms with Gasteiger partial charge in [-0.15, -0.1) is 11.8 Å². The summed E-state index contributed by atoms with van der Waals surface area (Å²) in [5.41, 5.74) is 3.69. The van der Waals surface area contributed by atoms with Gasteiger partial charge >= 0.3 is 41.5 Å². The minimum atomic E-state index is -1.85. The second-order valence-corrected chi connectivity index (χ2v) is 9.85. The summed E-state index contributed by atoms with van der Waals surface area (Å²) in [6.07, 6.45) is 1.40. The minimum Gasteiger partial charge on any atom is -0.543 e. The maximum atomic E-state index is 13.1. The monoisotopic (exact) mass is 601 g/mol. The Balaban J connectivity index is 0.00000588. The van der Waals surface area contributed by atoms with Gasteiger partial charge in [0.05, 0.1) is 18.8 Å². The number of fused-ring (bicyclic) bond motifs is 1. The first-order chi connectivity index (χ1) is 18.9. The molecule has 0 spiro atoms. The molecule has 2 aliphatic heterocycles. The van der Waals surface area contributed by atoms with Crippen LogP contribution in [0.1, 0.15) is 24.8 Å². The number of aromatic hydroxyl groups is 1. The van der Waals surface area contributed by atoms with E-state index in [0.717, 1.165) is 16.7 Å². The van der Waals surface area contributed by atoms with E-state index < -0.39 is 59.2 Å². The molecule has 3 atom stereocenters. The van der Waals surface area contributed by atoms with Crippen LogP contribution in [-0.4, -0.2) is 88.6 Å². The topological polar surface area (TPSA) is 218 Å². The molecule has 41 heavy (non-hydrogen) atoms. The molecule has 1 aromatic rings. The summed E-state index contributed by atoms with van der Waals surface area (Å²) >= 11 is 1.08. The molecule has 0 radical (unpaired) electrons. The number of ether oxygens (including phenoxy) is 3. The van der Waals surface area contributed by atoms with Gasteiger partial charge in [0, 0.05) is 24.9 Å². The van der Waals surface area contributed by atoms with Gasteiger partial charge in [0.1, 0.15) is 23.8 Å². The molecule has 16 heteroatoms. The van der Waals surface area contributed by atoms with Gasteiger partial charge in [-0.2, -0.15) is 0 Å². The number of hydrogen-bond donors (Lipinski definition) is 4. The number of β-lactam (4-membered cyclic amide) rings is 1. The molecule has 3 rings (SSSR count). The fourth-order valence-corrected chi connectivity index (χ4v) is 5.49. The van der Waals surface area contributed by atoms with Gasteiger partial charge in [0.2, 0.25) is 11.7 Å². The molecule has 2 amide bonds. The first-order valence-corrected chi connectivity index (χ1v) is 12.9. The number of hydrogen-bond acceptors (Lipinski definition) is 12. The summed E-state index contributed by atoms with van der Waals surface area (Å²) in [5, 5.41) is 31.8. The number of carboxylic acid groups (broad SMARTS) is 2. The summed E-state index contributed by atoms with van der Waals surface area (Å²) < 4.78 is 15.7. The largest absolute Gasteiger partial charge is 1.00 e. The molecule has 14 nitrogen and oxygen atoms in total. The number of nitrogens with two attached hydrogens (primary N) is 1. The summed E-state index contributed by atoms with van der Waals surface area (Å²) in [5.74, 6) is -5.41. The summed E-state index contributed by atoms with van der Waals surface area (Å²) in [6, 6.07) is 4.78. The predicted molar refractivity (Wildman–Crippen MR) is 137 cm³/mol. The van der Waals surface area contributed by atoms with Crippen LogP contribution < -0.4 is 45.7 Å². The Morgan fingerprint density at radius 1 is 1.27 bits per heavy atom. The number of nitrogens with one attached hydrogen (secondary N) is 1. The fourth-order valence-electron chi connectivity index (χ4n) is 4.07. The van der Waals surface area contributed by atoms with Crippen molar-refractivity contribution >= 4 is 47.6 Å². The molecule has 5 N–H and O–H groups in total. The maximum Gasteiger partial charge on any atom is 1.00 e. The number of carboxylic acids is 2. The Morgan fingerprint density at radius 3 is 2.49 bits per heavy atom. The number of rotatable bonds is 13. The van der Waals surface area contributed by atoms with Crippen molar-refractivity contribution in [1.82, 2.24) is 10.2 Å². The number of thioether (sulfide) groups is 1. The van der Waals surface area contributed by atoms with Gasteiger partial charge in [-0.05, 0) is 36.6 Å². The van der Waals surface area contributed by atoms with Crippen LogP contribution in [0.4, 0.5) is 0 Å². The van der Waals surface area contributed by atoms with Crippen LogP contribution in [0.3, 0.4) is 0 Å². The normalized spacial score (nSPS) is 20.7. The SMILES string of the molecule is CO/C(=C\c1ccc(O)cc1)C(=O)OCC1=C(C(=O)[O-])N2C(=O)[C@](NC(=O)CCC[C@@H](N)C(=O)O)(OC)[C@H]2SC1.[Na+]. The van der Waals surface area contributed by atoms with Gasteiger partial charge < -0.3 is 45.4 Å². The van der Waals surface area contributed by atoms with Gasteiger partial charge in [0.25, 0.3) is 11.6 Å². The van der Waals surface area contributed by atoms with Crippen LogP contribution in [-0.2, 0) is 38.2 Å². The molecule has 1 saturated heterocycles. The quantitative estimate of drug-likeness (QED) is 0.0422. The van der Waals surface area contributed by atoms with Crippen molar-refractivity contribution in [2.75, 3.05) is 26.6 Å². The molecular formula is C25H28N3NaO11S. The predicted octanol–water partition coefficient (Wildman–Crippen LogP) is -4.11. The van der Waals surface area contributed by atoms with Crippen molar-refractivity contribution in [1.29, 1.82) is 0 Å². The zero-order valence-electron chi connectivity index (χ0n) is 22.6. The second kappa shape index (κ2) is 14.7. The Bertz CT molecular complexity index is 1250. The fraction of sp³-hybridized carbons (Fsp3) is 0.400. The summed E-state index contributed by atoms with van der Waals surface area (Å²) in [7, 11) is 2.43. The van der Waals surface area contributed by atoms with Crippen molar-refractivity contribution in [2.45, 2.75) is 36.4 Å². The third kappa shape index (κ3) is 7.61. The van der Waals surface area contributed by atoms with Gasteiger partial charge in [-0.1, -0.05) is 12.1 Å². The molecule has 2 aliphatic rings. The van der Waals surface area contributed by atoms with E-state index in [9.17, 15) is 34.2 Å². The first kappa shape index (κ1) is 34.1. The summed E-state index contributed by atoms with van der Waals surface area (Å²) in [4.78, 5) is 62.0. The Hall–Kier alpha value is -3.08. The van der Waals surface area contributed by atoms with E-state index >= 15 is 0 Å². The van der Waals surface area contributed by atoms with Crippen LogP contribution in [0.5, 0.6) is 5.75 Å². The number of carbonyl (C=O) groups is 5. The van der Waals surface area contributed by atoms with E-state index in [1.807, 2.05) is 0 Å². The second-order valence-electron chi connectivity index (χ2n) is 8.78. The molecule has 0 saturated carbocycles. The van der Waals surface area contributed by atoms with Crippen LogP contribution in [0.25, 0.3) is 6.08 Å².